The molecule has 1 aliphatic heterocycles. The van der Waals surface area contributed by atoms with Crippen molar-refractivity contribution in [1.82, 2.24) is 15.1 Å². The molecule has 0 radical (unpaired) electrons. The minimum Gasteiger partial charge on any atom is -0.497 e. The zero-order chi connectivity index (χ0) is 21.9. The van der Waals surface area contributed by atoms with E-state index in [0.717, 1.165) is 43.3 Å². The number of halogens is 1. The Kier molecular flexibility index (Phi) is 11.4. The van der Waals surface area contributed by atoms with Gasteiger partial charge in [0, 0.05) is 45.9 Å². The Bertz CT molecular complexity index is 819. The fourth-order valence-corrected chi connectivity index (χ4v) is 3.37. The average molecular weight is 556 g/mol. The van der Waals surface area contributed by atoms with Gasteiger partial charge in [-0.05, 0) is 43.2 Å². The summed E-state index contributed by atoms with van der Waals surface area (Å²) in [6, 6.07) is 11.3. The van der Waals surface area contributed by atoms with Crippen LogP contribution < -0.4 is 10.1 Å². The van der Waals surface area contributed by atoms with E-state index in [-0.39, 0.29) is 29.9 Å². The normalized spacial score (nSPS) is 14.1. The number of rotatable bonds is 9. The van der Waals surface area contributed by atoms with Gasteiger partial charge in [-0.1, -0.05) is 12.1 Å². The van der Waals surface area contributed by atoms with E-state index >= 15 is 0 Å². The summed E-state index contributed by atoms with van der Waals surface area (Å²) in [5.41, 5.74) is 1.12. The van der Waals surface area contributed by atoms with Crippen LogP contribution in [-0.2, 0) is 11.3 Å². The number of guanidine groups is 1. The summed E-state index contributed by atoms with van der Waals surface area (Å²) in [7, 11) is 1.66. The first kappa shape index (κ1) is 26.0. The van der Waals surface area contributed by atoms with Crippen molar-refractivity contribution >= 4 is 35.8 Å². The number of hydrogen-bond acceptors (Lipinski definition) is 5. The molecule has 8 nitrogen and oxygen atoms in total. The molecule has 9 heteroatoms. The van der Waals surface area contributed by atoms with Crippen LogP contribution in [-0.4, -0.2) is 74.7 Å². The zero-order valence-corrected chi connectivity index (χ0v) is 21.1. The number of methoxy groups -OCH3 is 1. The maximum absolute atomic E-state index is 12.4. The summed E-state index contributed by atoms with van der Waals surface area (Å²) in [5.74, 6) is 2.08. The lowest BCUT2D eigenvalue weighted by atomic mass is 10.2. The largest absolute Gasteiger partial charge is 0.497 e. The molecule has 32 heavy (non-hydrogen) atoms. The van der Waals surface area contributed by atoms with Gasteiger partial charge in [0.1, 0.15) is 5.75 Å². The van der Waals surface area contributed by atoms with E-state index in [2.05, 4.69) is 17.1 Å². The van der Waals surface area contributed by atoms with Crippen LogP contribution in [0.5, 0.6) is 5.75 Å². The van der Waals surface area contributed by atoms with Crippen LogP contribution in [0.2, 0.25) is 0 Å². The Morgan fingerprint density at radius 3 is 2.47 bits per heavy atom. The highest BCUT2D eigenvalue weighted by Crippen LogP contribution is 2.12. The van der Waals surface area contributed by atoms with Gasteiger partial charge in [-0.25, -0.2) is 0 Å². The molecule has 3 rings (SSSR count). The minimum absolute atomic E-state index is 0. The molecule has 1 fully saturated rings. The van der Waals surface area contributed by atoms with E-state index in [1.165, 1.54) is 6.26 Å². The molecular formula is C23H33IN4O4. The quantitative estimate of drug-likeness (QED) is 0.221. The highest BCUT2D eigenvalue weighted by atomic mass is 127. The second kappa shape index (κ2) is 14.0. The van der Waals surface area contributed by atoms with Crippen LogP contribution in [0, 0.1) is 0 Å². The van der Waals surface area contributed by atoms with Gasteiger partial charge in [0.2, 0.25) is 0 Å². The Morgan fingerprint density at radius 1 is 1.12 bits per heavy atom. The van der Waals surface area contributed by atoms with Crippen molar-refractivity contribution in [2.45, 2.75) is 20.0 Å². The SMILES string of the molecule is CCNC(=NCCCOCc1ccc(OC)cc1)N1CCN(C(=O)c2ccco2)CC1.I. The maximum atomic E-state index is 12.4. The Balaban J connectivity index is 0.00000363. The molecule has 1 amide bonds. The third kappa shape index (κ3) is 7.70. The number of amides is 1. The summed E-state index contributed by atoms with van der Waals surface area (Å²) in [4.78, 5) is 21.2. The molecule has 1 N–H and O–H groups in total. The third-order valence-electron chi connectivity index (χ3n) is 5.07. The van der Waals surface area contributed by atoms with Crippen molar-refractivity contribution < 1.29 is 18.7 Å². The number of ether oxygens (including phenoxy) is 2. The molecular weight excluding hydrogens is 523 g/mol. The van der Waals surface area contributed by atoms with Crippen LogP contribution in [0.25, 0.3) is 0 Å². The standard InChI is InChI=1S/C23H32N4O4.HI/c1-3-24-23(25-11-5-16-30-18-19-7-9-20(29-2)10-8-19)27-14-12-26(13-15-27)22(28)21-6-4-17-31-21;/h4,6-10,17H,3,5,11-16,18H2,1-2H3,(H,24,25);1H. The van der Waals surface area contributed by atoms with E-state index in [1.807, 2.05) is 29.2 Å². The molecule has 2 aromatic rings. The summed E-state index contributed by atoms with van der Waals surface area (Å²) in [6.07, 6.45) is 2.38. The van der Waals surface area contributed by atoms with E-state index in [9.17, 15) is 4.79 Å². The van der Waals surface area contributed by atoms with E-state index in [4.69, 9.17) is 18.9 Å². The predicted molar refractivity (Wildman–Crippen MR) is 135 cm³/mol. The van der Waals surface area contributed by atoms with Crippen molar-refractivity contribution in [1.29, 1.82) is 0 Å². The fourth-order valence-electron chi connectivity index (χ4n) is 3.37. The van der Waals surface area contributed by atoms with Gasteiger partial charge in [-0.2, -0.15) is 0 Å². The fraction of sp³-hybridized carbons (Fsp3) is 0.478. The number of piperazine rings is 1. The highest BCUT2D eigenvalue weighted by Gasteiger charge is 2.25. The molecule has 0 atom stereocenters. The molecule has 2 heterocycles. The van der Waals surface area contributed by atoms with Gasteiger partial charge in [-0.3, -0.25) is 9.79 Å². The molecule has 0 unspecified atom stereocenters. The Labute approximate surface area is 207 Å². The van der Waals surface area contributed by atoms with Gasteiger partial charge in [0.25, 0.3) is 5.91 Å². The maximum Gasteiger partial charge on any atom is 0.289 e. The number of benzene rings is 1. The number of furan rings is 1. The number of carbonyl (C=O) groups excluding carboxylic acids is 1. The first-order valence-electron chi connectivity index (χ1n) is 10.8. The molecule has 0 bridgehead atoms. The highest BCUT2D eigenvalue weighted by molar-refractivity contribution is 14.0. The Hall–Kier alpha value is -2.27. The number of nitrogens with one attached hydrogen (secondary N) is 1. The molecule has 0 saturated carbocycles. The van der Waals surface area contributed by atoms with Gasteiger partial charge in [0.05, 0.1) is 20.0 Å². The molecule has 1 aromatic carbocycles. The summed E-state index contributed by atoms with van der Waals surface area (Å²) < 4.78 is 16.2. The topological polar surface area (TPSA) is 79.5 Å². The first-order valence-corrected chi connectivity index (χ1v) is 10.8. The van der Waals surface area contributed by atoms with Crippen molar-refractivity contribution in [3.63, 3.8) is 0 Å². The van der Waals surface area contributed by atoms with Gasteiger partial charge < -0.3 is 29.0 Å². The van der Waals surface area contributed by atoms with Crippen LogP contribution in [0.3, 0.4) is 0 Å². The van der Waals surface area contributed by atoms with Gasteiger partial charge in [-0.15, -0.1) is 24.0 Å². The number of carbonyl (C=O) groups is 1. The summed E-state index contributed by atoms with van der Waals surface area (Å²) in [6.45, 7) is 7.57. The molecule has 0 spiro atoms. The van der Waals surface area contributed by atoms with Crippen molar-refractivity contribution in [2.24, 2.45) is 4.99 Å². The molecule has 1 aliphatic rings. The first-order chi connectivity index (χ1) is 15.2. The van der Waals surface area contributed by atoms with Crippen LogP contribution in [0.15, 0.2) is 52.1 Å². The third-order valence-corrected chi connectivity index (χ3v) is 5.07. The lowest BCUT2D eigenvalue weighted by molar-refractivity contribution is 0.0657. The number of aliphatic imine (C=N–C) groups is 1. The zero-order valence-electron chi connectivity index (χ0n) is 18.8. The second-order valence-corrected chi connectivity index (χ2v) is 7.25. The predicted octanol–water partition coefficient (Wildman–Crippen LogP) is 3.24. The molecule has 0 aliphatic carbocycles. The number of hydrogen-bond donors (Lipinski definition) is 1. The van der Waals surface area contributed by atoms with Crippen LogP contribution in [0.1, 0.15) is 29.5 Å². The lowest BCUT2D eigenvalue weighted by Crippen LogP contribution is -2.53. The van der Waals surface area contributed by atoms with E-state index in [1.54, 1.807) is 19.2 Å². The van der Waals surface area contributed by atoms with Crippen LogP contribution >= 0.6 is 24.0 Å². The molecule has 1 saturated heterocycles. The van der Waals surface area contributed by atoms with Crippen LogP contribution in [0.4, 0.5) is 0 Å². The van der Waals surface area contributed by atoms with E-state index in [0.29, 0.717) is 38.6 Å². The average Bonchev–Trinajstić information content (AvgIpc) is 3.35. The second-order valence-electron chi connectivity index (χ2n) is 7.25. The molecule has 1 aromatic heterocycles. The lowest BCUT2D eigenvalue weighted by Gasteiger charge is -2.36. The summed E-state index contributed by atoms with van der Waals surface area (Å²) in [5, 5.41) is 3.35. The van der Waals surface area contributed by atoms with E-state index < -0.39 is 0 Å². The Morgan fingerprint density at radius 2 is 1.84 bits per heavy atom. The summed E-state index contributed by atoms with van der Waals surface area (Å²) >= 11 is 0. The minimum atomic E-state index is -0.0550. The monoisotopic (exact) mass is 556 g/mol. The number of nitrogens with zero attached hydrogens (tertiary/aromatic N) is 3. The van der Waals surface area contributed by atoms with Gasteiger partial charge >= 0.3 is 0 Å². The molecule has 176 valence electrons. The van der Waals surface area contributed by atoms with Gasteiger partial charge in [0.15, 0.2) is 11.7 Å². The van der Waals surface area contributed by atoms with Crippen molar-refractivity contribution in [3.8, 4) is 5.75 Å². The van der Waals surface area contributed by atoms with Crippen molar-refractivity contribution in [3.05, 3.63) is 54.0 Å². The smallest absolute Gasteiger partial charge is 0.289 e. The van der Waals surface area contributed by atoms with Crippen molar-refractivity contribution in [2.75, 3.05) is 53.0 Å².